The van der Waals surface area contributed by atoms with Crippen LogP contribution in [0.2, 0.25) is 5.15 Å². The van der Waals surface area contributed by atoms with Crippen LogP contribution in [-0.2, 0) is 22.5 Å². The van der Waals surface area contributed by atoms with Crippen molar-refractivity contribution in [3.05, 3.63) is 56.1 Å². The monoisotopic (exact) mass is 425 g/mol. The fraction of sp³-hybridized carbons (Fsp3) is 0.450. The first kappa shape index (κ1) is 21.2. The van der Waals surface area contributed by atoms with Gasteiger partial charge in [-0.25, -0.2) is 18.6 Å². The number of unbranched alkanes of at least 4 members (excludes halogenated alkanes) is 1. The predicted molar refractivity (Wildman–Crippen MR) is 105 cm³/mol. The minimum Gasteiger partial charge on any atom is -0.464 e. The van der Waals surface area contributed by atoms with E-state index in [2.05, 4.69) is 10.3 Å². The number of aryl methyl sites for hydroxylation is 1. The lowest BCUT2D eigenvalue weighted by molar-refractivity contribution is -0.147. The van der Waals surface area contributed by atoms with Gasteiger partial charge in [0.1, 0.15) is 6.04 Å². The molecular formula is C20H22ClF2N3O3. The summed E-state index contributed by atoms with van der Waals surface area (Å²) in [6.07, 6.45) is 2.44. The number of nitrogens with one attached hydrogen (secondary N) is 1. The molecule has 29 heavy (non-hydrogen) atoms. The van der Waals surface area contributed by atoms with Crippen LogP contribution in [0.4, 0.5) is 14.6 Å². The van der Waals surface area contributed by atoms with E-state index < -0.39 is 29.2 Å². The van der Waals surface area contributed by atoms with Crippen molar-refractivity contribution in [1.29, 1.82) is 0 Å². The smallest absolute Gasteiger partial charge is 0.329 e. The summed E-state index contributed by atoms with van der Waals surface area (Å²) in [5.41, 5.74) is 0.522. The number of nitrogens with zero attached hydrogens (tertiary/aromatic N) is 2. The summed E-state index contributed by atoms with van der Waals surface area (Å²) < 4.78 is 34.1. The van der Waals surface area contributed by atoms with E-state index in [1.807, 2.05) is 6.92 Å². The molecule has 1 atom stereocenters. The Morgan fingerprint density at radius 2 is 2.17 bits per heavy atom. The van der Waals surface area contributed by atoms with Gasteiger partial charge in [0, 0.05) is 12.1 Å². The fourth-order valence-electron chi connectivity index (χ4n) is 3.36. The van der Waals surface area contributed by atoms with E-state index in [9.17, 15) is 18.4 Å². The van der Waals surface area contributed by atoms with Crippen LogP contribution in [0.5, 0.6) is 0 Å². The minimum atomic E-state index is -0.993. The predicted octanol–water partition coefficient (Wildman–Crippen LogP) is 3.93. The molecule has 0 fully saturated rings. The number of anilines is 1. The summed E-state index contributed by atoms with van der Waals surface area (Å²) in [5, 5.41) is 2.81. The summed E-state index contributed by atoms with van der Waals surface area (Å²) in [4.78, 5) is 29.4. The second-order valence-corrected chi connectivity index (χ2v) is 7.38. The zero-order valence-electron chi connectivity index (χ0n) is 16.2. The van der Waals surface area contributed by atoms with E-state index in [1.165, 1.54) is 10.6 Å². The van der Waals surface area contributed by atoms with Crippen LogP contribution in [0.1, 0.15) is 49.0 Å². The molecule has 0 spiro atoms. The number of rotatable bonds is 7. The van der Waals surface area contributed by atoms with Gasteiger partial charge in [0.2, 0.25) is 0 Å². The Morgan fingerprint density at radius 3 is 2.90 bits per heavy atom. The minimum absolute atomic E-state index is 0.0563. The normalized spacial score (nSPS) is 15.3. The van der Waals surface area contributed by atoms with Crippen LogP contribution in [0.15, 0.2) is 16.9 Å². The molecule has 0 bridgehead atoms. The molecule has 9 heteroatoms. The Balaban J connectivity index is 1.86. The standard InChI is InChI=1S/C20H22ClF2N3O3/c1-3-4-7-29-20(28)15-6-5-14-17(21)25-18(19(27)26(14)15)24-10-12-8-11(2)9-13(22)16(12)23/h8-9,15H,3-7,10H2,1-2H3,(H,24,25)/t15-/m0/s1. The lowest BCUT2D eigenvalue weighted by Crippen LogP contribution is -2.32. The maximum atomic E-state index is 14.0. The van der Waals surface area contributed by atoms with Crippen LogP contribution in [0.25, 0.3) is 0 Å². The van der Waals surface area contributed by atoms with Crippen molar-refractivity contribution >= 4 is 23.4 Å². The molecule has 1 aliphatic heterocycles. The largest absolute Gasteiger partial charge is 0.464 e. The summed E-state index contributed by atoms with van der Waals surface area (Å²) in [7, 11) is 0. The van der Waals surface area contributed by atoms with Crippen molar-refractivity contribution < 1.29 is 18.3 Å². The van der Waals surface area contributed by atoms with Crippen molar-refractivity contribution in [3.63, 3.8) is 0 Å². The van der Waals surface area contributed by atoms with E-state index >= 15 is 0 Å². The first-order valence-corrected chi connectivity index (χ1v) is 9.87. The van der Waals surface area contributed by atoms with E-state index in [-0.39, 0.29) is 29.7 Å². The van der Waals surface area contributed by atoms with Crippen LogP contribution < -0.4 is 10.9 Å². The Bertz CT molecular complexity index is 994. The number of aromatic nitrogens is 2. The van der Waals surface area contributed by atoms with Crippen LogP contribution >= 0.6 is 11.6 Å². The number of fused-ring (bicyclic) bond motifs is 1. The van der Waals surface area contributed by atoms with Gasteiger partial charge < -0.3 is 10.1 Å². The zero-order valence-corrected chi connectivity index (χ0v) is 17.0. The van der Waals surface area contributed by atoms with Crippen molar-refractivity contribution in [2.24, 2.45) is 0 Å². The van der Waals surface area contributed by atoms with Crippen molar-refractivity contribution in [1.82, 2.24) is 9.55 Å². The van der Waals surface area contributed by atoms with Gasteiger partial charge in [0.05, 0.1) is 12.3 Å². The number of esters is 1. The number of halogens is 3. The zero-order chi connectivity index (χ0) is 21.1. The average Bonchev–Trinajstić information content (AvgIpc) is 3.13. The molecule has 1 N–H and O–H groups in total. The number of carbonyl (C=O) groups excluding carboxylic acids is 1. The summed E-state index contributed by atoms with van der Waals surface area (Å²) in [5.74, 6) is -2.58. The molecule has 1 aromatic carbocycles. The molecule has 2 heterocycles. The van der Waals surface area contributed by atoms with Crippen LogP contribution in [0.3, 0.4) is 0 Å². The van der Waals surface area contributed by atoms with E-state index in [1.54, 1.807) is 6.92 Å². The van der Waals surface area contributed by atoms with E-state index in [4.69, 9.17) is 16.3 Å². The highest BCUT2D eigenvalue weighted by molar-refractivity contribution is 6.30. The Morgan fingerprint density at radius 1 is 1.41 bits per heavy atom. The summed E-state index contributed by atoms with van der Waals surface area (Å²) in [6.45, 7) is 3.75. The molecule has 0 saturated heterocycles. The molecule has 3 rings (SSSR count). The molecule has 0 saturated carbocycles. The highest BCUT2D eigenvalue weighted by Gasteiger charge is 2.33. The van der Waals surface area contributed by atoms with Gasteiger partial charge in [0.15, 0.2) is 22.6 Å². The molecule has 1 aliphatic rings. The molecule has 0 amide bonds. The molecule has 6 nitrogen and oxygen atoms in total. The van der Waals surface area contributed by atoms with Gasteiger partial charge in [-0.3, -0.25) is 9.36 Å². The van der Waals surface area contributed by atoms with E-state index in [0.717, 1.165) is 18.9 Å². The SMILES string of the molecule is CCCCOC(=O)[C@@H]1CCc2c(Cl)nc(NCc3cc(C)cc(F)c3F)c(=O)n21. The van der Waals surface area contributed by atoms with Crippen LogP contribution in [0, 0.1) is 18.6 Å². The molecular weight excluding hydrogens is 404 g/mol. The third kappa shape index (κ3) is 4.42. The number of hydrogen-bond donors (Lipinski definition) is 1. The third-order valence-electron chi connectivity index (χ3n) is 4.83. The fourth-order valence-corrected chi connectivity index (χ4v) is 3.63. The first-order valence-electron chi connectivity index (χ1n) is 9.49. The highest BCUT2D eigenvalue weighted by atomic mass is 35.5. The van der Waals surface area contributed by atoms with Gasteiger partial charge in [-0.2, -0.15) is 0 Å². The second-order valence-electron chi connectivity index (χ2n) is 7.02. The maximum Gasteiger partial charge on any atom is 0.329 e. The van der Waals surface area contributed by atoms with Crippen molar-refractivity contribution in [2.45, 2.75) is 52.1 Å². The van der Waals surface area contributed by atoms with Gasteiger partial charge >= 0.3 is 5.97 Å². The highest BCUT2D eigenvalue weighted by Crippen LogP contribution is 2.30. The lowest BCUT2D eigenvalue weighted by Gasteiger charge is -2.16. The van der Waals surface area contributed by atoms with E-state index in [0.29, 0.717) is 24.1 Å². The Kier molecular flexibility index (Phi) is 6.52. The van der Waals surface area contributed by atoms with Gasteiger partial charge in [-0.05, 0) is 37.8 Å². The first-order chi connectivity index (χ1) is 13.8. The number of hydrogen-bond acceptors (Lipinski definition) is 5. The van der Waals surface area contributed by atoms with Crippen molar-refractivity contribution in [3.8, 4) is 0 Å². The van der Waals surface area contributed by atoms with Gasteiger partial charge in [-0.1, -0.05) is 31.0 Å². The number of benzene rings is 1. The topological polar surface area (TPSA) is 73.2 Å². The van der Waals surface area contributed by atoms with Gasteiger partial charge in [0.25, 0.3) is 5.56 Å². The molecule has 0 radical (unpaired) electrons. The average molecular weight is 426 g/mol. The Labute approximate surface area is 171 Å². The third-order valence-corrected chi connectivity index (χ3v) is 5.14. The Hall–Kier alpha value is -2.48. The number of ether oxygens (including phenoxy) is 1. The quantitative estimate of drug-likeness (QED) is 0.537. The summed E-state index contributed by atoms with van der Waals surface area (Å²) in [6, 6.07) is 1.79. The molecule has 1 aromatic heterocycles. The van der Waals surface area contributed by atoms with Crippen LogP contribution in [-0.4, -0.2) is 22.1 Å². The van der Waals surface area contributed by atoms with Crippen molar-refractivity contribution in [2.75, 3.05) is 11.9 Å². The lowest BCUT2D eigenvalue weighted by atomic mass is 10.1. The molecule has 2 aromatic rings. The molecule has 0 unspecified atom stereocenters. The number of carbonyl (C=O) groups is 1. The molecule has 156 valence electrons. The molecule has 0 aliphatic carbocycles. The summed E-state index contributed by atoms with van der Waals surface area (Å²) >= 11 is 6.21. The maximum absolute atomic E-state index is 14.0. The second kappa shape index (κ2) is 8.90. The van der Waals surface area contributed by atoms with Gasteiger partial charge in [-0.15, -0.1) is 0 Å².